The Labute approximate surface area is 114 Å². The number of alkyl halides is 1. The van der Waals surface area contributed by atoms with Crippen LogP contribution in [-0.4, -0.2) is 11.5 Å². The van der Waals surface area contributed by atoms with Gasteiger partial charge in [0.2, 0.25) is 0 Å². The van der Waals surface area contributed by atoms with Crippen LogP contribution in [0.5, 0.6) is 5.75 Å². The minimum absolute atomic E-state index is 0.355. The van der Waals surface area contributed by atoms with E-state index < -0.39 is 0 Å². The van der Waals surface area contributed by atoms with Crippen LogP contribution in [0, 0.1) is 12.3 Å². The highest BCUT2D eigenvalue weighted by Crippen LogP contribution is 2.45. The Morgan fingerprint density at radius 3 is 3.00 bits per heavy atom. The molecule has 1 aromatic carbocycles. The summed E-state index contributed by atoms with van der Waals surface area (Å²) in [6.45, 7) is 4.51. The molecule has 3 atom stereocenters. The Hall–Kier alpha value is -0.690. The lowest BCUT2D eigenvalue weighted by atomic mass is 9.82. The van der Waals surface area contributed by atoms with Gasteiger partial charge in [0.15, 0.2) is 0 Å². The van der Waals surface area contributed by atoms with Crippen LogP contribution in [0.25, 0.3) is 0 Å². The zero-order chi connectivity index (χ0) is 12.8. The lowest BCUT2D eigenvalue weighted by Gasteiger charge is -2.26. The summed E-state index contributed by atoms with van der Waals surface area (Å²) in [6, 6.07) is 6.51. The van der Waals surface area contributed by atoms with Crippen LogP contribution in [0.2, 0.25) is 0 Å². The van der Waals surface area contributed by atoms with E-state index in [1.807, 2.05) is 0 Å². The maximum Gasteiger partial charge on any atom is 0.123 e. The Morgan fingerprint density at radius 2 is 2.28 bits per heavy atom. The van der Waals surface area contributed by atoms with Gasteiger partial charge >= 0.3 is 0 Å². The fourth-order valence-electron chi connectivity index (χ4n) is 3.54. The predicted octanol–water partition coefficient (Wildman–Crippen LogP) is 4.49. The van der Waals surface area contributed by atoms with Gasteiger partial charge in [-0.25, -0.2) is 0 Å². The predicted molar refractivity (Wildman–Crippen MR) is 75.5 cm³/mol. The molecule has 18 heavy (non-hydrogen) atoms. The number of benzene rings is 1. The van der Waals surface area contributed by atoms with Crippen molar-refractivity contribution in [3.05, 3.63) is 29.3 Å². The molecule has 0 saturated heterocycles. The van der Waals surface area contributed by atoms with Crippen molar-refractivity contribution in [2.24, 2.45) is 5.41 Å². The maximum atomic E-state index is 6.25. The quantitative estimate of drug-likeness (QED) is 0.716. The molecular formula is C16H21ClO. The Bertz CT molecular complexity index is 456. The zero-order valence-corrected chi connectivity index (χ0v) is 12.0. The number of halogens is 1. The van der Waals surface area contributed by atoms with E-state index in [9.17, 15) is 0 Å². The molecule has 0 aromatic heterocycles. The molecule has 2 heteroatoms. The van der Waals surface area contributed by atoms with Gasteiger partial charge in [0.25, 0.3) is 0 Å². The first-order chi connectivity index (χ1) is 8.54. The number of rotatable bonds is 2. The van der Waals surface area contributed by atoms with Crippen LogP contribution in [0.3, 0.4) is 0 Å². The molecular weight excluding hydrogens is 244 g/mol. The van der Waals surface area contributed by atoms with Crippen LogP contribution in [0.4, 0.5) is 0 Å². The number of fused-ring (bicyclic) bond motifs is 1. The van der Waals surface area contributed by atoms with Crippen molar-refractivity contribution in [1.29, 1.82) is 0 Å². The molecule has 3 unspecified atom stereocenters. The largest absolute Gasteiger partial charge is 0.490 e. The van der Waals surface area contributed by atoms with E-state index in [4.69, 9.17) is 16.3 Å². The van der Waals surface area contributed by atoms with Gasteiger partial charge in [-0.2, -0.15) is 0 Å². The second-order valence-electron chi connectivity index (χ2n) is 6.41. The summed E-state index contributed by atoms with van der Waals surface area (Å²) in [5, 5.41) is 0.376. The van der Waals surface area contributed by atoms with Crippen LogP contribution < -0.4 is 4.74 Å². The minimum atomic E-state index is 0.355. The fraction of sp³-hybridized carbons (Fsp3) is 0.625. The zero-order valence-electron chi connectivity index (χ0n) is 11.2. The lowest BCUT2D eigenvalue weighted by Crippen LogP contribution is -2.24. The third-order valence-corrected chi connectivity index (χ3v) is 4.83. The molecule has 3 rings (SSSR count). The van der Waals surface area contributed by atoms with Gasteiger partial charge < -0.3 is 4.74 Å². The van der Waals surface area contributed by atoms with Gasteiger partial charge in [0, 0.05) is 11.8 Å². The van der Waals surface area contributed by atoms with E-state index in [2.05, 4.69) is 32.0 Å². The molecule has 2 aliphatic rings. The first-order valence-corrected chi connectivity index (χ1v) is 7.38. The highest BCUT2D eigenvalue weighted by molar-refractivity contribution is 6.20. The molecule has 0 N–H and O–H groups in total. The van der Waals surface area contributed by atoms with E-state index in [0.717, 1.165) is 31.4 Å². The molecule has 1 aliphatic carbocycles. The molecule has 1 aliphatic heterocycles. The summed E-state index contributed by atoms with van der Waals surface area (Å²) in [5.41, 5.74) is 3.09. The first kappa shape index (κ1) is 12.3. The monoisotopic (exact) mass is 264 g/mol. The lowest BCUT2D eigenvalue weighted by molar-refractivity contribution is 0.149. The SMILES string of the molecule is Cc1ccc2c(c1)CC(CC1(C)CCC(Cl)C1)O2. The van der Waals surface area contributed by atoms with Crippen molar-refractivity contribution in [2.75, 3.05) is 0 Å². The van der Waals surface area contributed by atoms with E-state index in [1.165, 1.54) is 17.5 Å². The third kappa shape index (κ3) is 2.38. The third-order valence-electron chi connectivity index (χ3n) is 4.45. The van der Waals surface area contributed by atoms with Crippen molar-refractivity contribution in [3.63, 3.8) is 0 Å². The highest BCUT2D eigenvalue weighted by Gasteiger charge is 2.38. The summed E-state index contributed by atoms with van der Waals surface area (Å²) >= 11 is 6.25. The Kier molecular flexibility index (Phi) is 3.05. The molecule has 0 bridgehead atoms. The molecule has 0 radical (unpaired) electrons. The normalized spacial score (nSPS) is 34.4. The topological polar surface area (TPSA) is 9.23 Å². The number of hydrogen-bond donors (Lipinski definition) is 0. The van der Waals surface area contributed by atoms with E-state index in [1.54, 1.807) is 0 Å². The highest BCUT2D eigenvalue weighted by atomic mass is 35.5. The Balaban J connectivity index is 1.68. The number of aryl methyl sites for hydroxylation is 1. The molecule has 1 nitrogen and oxygen atoms in total. The Morgan fingerprint density at radius 1 is 1.44 bits per heavy atom. The van der Waals surface area contributed by atoms with Crippen molar-refractivity contribution in [1.82, 2.24) is 0 Å². The van der Waals surface area contributed by atoms with Crippen LogP contribution >= 0.6 is 11.6 Å². The maximum absolute atomic E-state index is 6.25. The second kappa shape index (κ2) is 4.45. The molecule has 1 fully saturated rings. The van der Waals surface area contributed by atoms with Gasteiger partial charge in [0.05, 0.1) is 0 Å². The summed E-state index contributed by atoms with van der Waals surface area (Å²) in [6.07, 6.45) is 6.12. The van der Waals surface area contributed by atoms with Crippen LogP contribution in [-0.2, 0) is 6.42 Å². The van der Waals surface area contributed by atoms with E-state index in [0.29, 0.717) is 16.9 Å². The van der Waals surface area contributed by atoms with Crippen LogP contribution in [0.1, 0.15) is 43.7 Å². The minimum Gasteiger partial charge on any atom is -0.490 e. The van der Waals surface area contributed by atoms with Crippen LogP contribution in [0.15, 0.2) is 18.2 Å². The van der Waals surface area contributed by atoms with Crippen molar-refractivity contribution in [3.8, 4) is 5.75 Å². The summed E-state index contributed by atoms with van der Waals surface area (Å²) < 4.78 is 6.08. The molecule has 1 saturated carbocycles. The molecule has 0 amide bonds. The fourth-order valence-corrected chi connectivity index (χ4v) is 4.02. The second-order valence-corrected chi connectivity index (χ2v) is 7.03. The van der Waals surface area contributed by atoms with Crippen molar-refractivity contribution in [2.45, 2.75) is 57.4 Å². The summed E-state index contributed by atoms with van der Waals surface area (Å²) in [5.74, 6) is 1.09. The van der Waals surface area contributed by atoms with E-state index >= 15 is 0 Å². The summed E-state index contributed by atoms with van der Waals surface area (Å²) in [7, 11) is 0. The molecule has 0 spiro atoms. The van der Waals surface area contributed by atoms with Gasteiger partial charge in [0.1, 0.15) is 11.9 Å². The average Bonchev–Trinajstić information content (AvgIpc) is 2.81. The standard InChI is InChI=1S/C16H21ClO/c1-11-3-4-15-12(7-11)8-14(18-15)10-16(2)6-5-13(17)9-16/h3-4,7,13-14H,5-6,8-10H2,1-2H3. The number of hydrogen-bond acceptors (Lipinski definition) is 1. The van der Waals surface area contributed by atoms with Gasteiger partial charge in [-0.15, -0.1) is 11.6 Å². The summed E-state index contributed by atoms with van der Waals surface area (Å²) in [4.78, 5) is 0. The van der Waals surface area contributed by atoms with E-state index in [-0.39, 0.29) is 0 Å². The first-order valence-electron chi connectivity index (χ1n) is 6.94. The molecule has 1 heterocycles. The van der Waals surface area contributed by atoms with Gasteiger partial charge in [-0.3, -0.25) is 0 Å². The smallest absolute Gasteiger partial charge is 0.123 e. The molecule has 98 valence electrons. The number of ether oxygens (including phenoxy) is 1. The molecule has 1 aromatic rings. The average molecular weight is 265 g/mol. The van der Waals surface area contributed by atoms with Gasteiger partial charge in [-0.05, 0) is 49.7 Å². The van der Waals surface area contributed by atoms with Gasteiger partial charge in [-0.1, -0.05) is 24.6 Å². The van der Waals surface area contributed by atoms with Crippen molar-refractivity contribution >= 4 is 11.6 Å². The van der Waals surface area contributed by atoms with Crippen molar-refractivity contribution < 1.29 is 4.74 Å².